The zero-order chi connectivity index (χ0) is 35.0. The van der Waals surface area contributed by atoms with Crippen LogP contribution in [0, 0.1) is 0 Å². The van der Waals surface area contributed by atoms with Crippen molar-refractivity contribution in [3.8, 4) is 22.6 Å². The number of methoxy groups -OCH3 is 1. The predicted octanol–water partition coefficient (Wildman–Crippen LogP) is 4.02. The van der Waals surface area contributed by atoms with Crippen molar-refractivity contribution in [2.45, 2.75) is 84.1 Å². The van der Waals surface area contributed by atoms with Gasteiger partial charge in [-0.25, -0.2) is 4.79 Å². The Morgan fingerprint density at radius 2 is 1.42 bits per heavy atom. The first-order valence-electron chi connectivity index (χ1n) is 15.2. The summed E-state index contributed by atoms with van der Waals surface area (Å²) in [5, 5.41) is 0.201. The molecule has 0 amide bonds. The maximum Gasteiger partial charge on any atom is 0.339 e. The summed E-state index contributed by atoms with van der Waals surface area (Å²) in [6.07, 6.45) is -3.56. The van der Waals surface area contributed by atoms with E-state index >= 15 is 0 Å². The Morgan fingerprint density at radius 1 is 0.792 bits per heavy atom. The molecule has 0 aliphatic carbocycles. The first-order valence-corrected chi connectivity index (χ1v) is 15.2. The van der Waals surface area contributed by atoms with E-state index in [1.54, 1.807) is 24.3 Å². The average Bonchev–Trinajstić information content (AvgIpc) is 3.03. The molecule has 0 N–H and O–H groups in total. The molecule has 1 aliphatic rings. The fourth-order valence-electron chi connectivity index (χ4n) is 5.09. The molecule has 1 aliphatic heterocycles. The molecule has 5 atom stereocenters. The summed E-state index contributed by atoms with van der Waals surface area (Å²) in [5.41, 5.74) is 0.551. The highest BCUT2D eigenvalue weighted by Gasteiger charge is 2.55. The third kappa shape index (κ3) is 8.76. The van der Waals surface area contributed by atoms with Crippen LogP contribution in [-0.4, -0.2) is 67.7 Å². The Morgan fingerprint density at radius 3 is 2.04 bits per heavy atom. The topological polar surface area (TPSA) is 180 Å². The number of ether oxygens (including phenoxy) is 7. The van der Waals surface area contributed by atoms with Crippen LogP contribution in [0.3, 0.4) is 0 Å². The summed E-state index contributed by atoms with van der Waals surface area (Å²) in [6, 6.07) is 10.7. The van der Waals surface area contributed by atoms with Crippen molar-refractivity contribution in [2.75, 3.05) is 7.11 Å². The summed E-state index contributed by atoms with van der Waals surface area (Å²) >= 11 is 0. The van der Waals surface area contributed by atoms with Crippen molar-refractivity contribution in [1.29, 1.82) is 0 Å². The second kappa shape index (κ2) is 16.0. The molecule has 48 heavy (non-hydrogen) atoms. The van der Waals surface area contributed by atoms with E-state index < -0.39 is 54.6 Å². The van der Waals surface area contributed by atoms with Gasteiger partial charge in [-0.2, -0.15) is 0 Å². The number of esters is 5. The van der Waals surface area contributed by atoms with Crippen molar-refractivity contribution >= 4 is 40.8 Å². The highest BCUT2D eigenvalue weighted by Crippen LogP contribution is 2.32. The minimum absolute atomic E-state index is 0.0572. The van der Waals surface area contributed by atoms with Crippen molar-refractivity contribution in [1.82, 2.24) is 0 Å². The molecule has 1 saturated heterocycles. The molecule has 256 valence electrons. The molecule has 3 aromatic rings. The minimum Gasteiger partial charge on any atom is -0.467 e. The van der Waals surface area contributed by atoms with Crippen LogP contribution in [0.4, 0.5) is 0 Å². The Labute approximate surface area is 275 Å². The molecule has 0 spiro atoms. The van der Waals surface area contributed by atoms with Crippen LogP contribution in [0.1, 0.15) is 53.4 Å². The molecular weight excluding hydrogens is 632 g/mol. The number of rotatable bonds is 12. The standard InChI is InChI=1S/C34H36O14/c1-6-7-8-9-27(38)46-22-12-10-21(11-13-22)25-17-42-26-16-23(14-15-24(26)28(25)39)47-34-32(45-20(4)37)30(44-19(3)36)29(43-18(2)35)31(48-34)33(40)41-5/h10-17,29-32,34H,6-9H2,1-5H3/t29-,30-,31-,32+,34?/m0/s1. The van der Waals surface area contributed by atoms with Gasteiger partial charge >= 0.3 is 29.8 Å². The second-order valence-corrected chi connectivity index (χ2v) is 10.9. The largest absolute Gasteiger partial charge is 0.467 e. The van der Waals surface area contributed by atoms with Crippen LogP contribution >= 0.6 is 0 Å². The van der Waals surface area contributed by atoms with E-state index in [1.165, 1.54) is 24.5 Å². The summed E-state index contributed by atoms with van der Waals surface area (Å²) in [6.45, 7) is 5.28. The first-order chi connectivity index (χ1) is 22.9. The van der Waals surface area contributed by atoms with Crippen molar-refractivity contribution < 1.29 is 61.5 Å². The van der Waals surface area contributed by atoms with Crippen LogP contribution in [0.2, 0.25) is 0 Å². The van der Waals surface area contributed by atoms with Gasteiger partial charge in [-0.15, -0.1) is 0 Å². The SMILES string of the molecule is CCCCCC(=O)Oc1ccc(-c2coc3cc(OC4O[C@H](C(=O)OC)[C@@H](OC(C)=O)[C@H](OC(C)=O)[C@H]4OC(C)=O)ccc3c2=O)cc1. The van der Waals surface area contributed by atoms with E-state index in [4.69, 9.17) is 37.6 Å². The smallest absolute Gasteiger partial charge is 0.339 e. The van der Waals surface area contributed by atoms with Gasteiger partial charge < -0.3 is 37.6 Å². The molecule has 2 aromatic carbocycles. The molecule has 0 radical (unpaired) electrons. The van der Waals surface area contributed by atoms with Crippen LogP contribution in [0.15, 0.2) is 57.9 Å². The van der Waals surface area contributed by atoms with Crippen LogP contribution in [0.5, 0.6) is 11.5 Å². The Kier molecular flexibility index (Phi) is 11.9. The van der Waals surface area contributed by atoms with Gasteiger partial charge in [0.15, 0.2) is 23.7 Å². The van der Waals surface area contributed by atoms with E-state index in [9.17, 15) is 28.8 Å². The molecule has 4 rings (SSSR count). The third-order valence-electron chi connectivity index (χ3n) is 7.21. The van der Waals surface area contributed by atoms with Crippen molar-refractivity contribution in [3.63, 3.8) is 0 Å². The quantitative estimate of drug-likeness (QED) is 0.117. The number of carbonyl (C=O) groups is 5. The molecule has 0 saturated carbocycles. The van der Waals surface area contributed by atoms with Gasteiger partial charge in [0, 0.05) is 33.3 Å². The summed E-state index contributed by atoms with van der Waals surface area (Å²) in [5.74, 6) is -3.39. The fraction of sp³-hybridized carbons (Fsp3) is 0.412. The first kappa shape index (κ1) is 35.6. The zero-order valence-electron chi connectivity index (χ0n) is 27.0. The Balaban J connectivity index is 1.61. The lowest BCUT2D eigenvalue weighted by atomic mass is 9.97. The lowest BCUT2D eigenvalue weighted by Crippen LogP contribution is -2.64. The van der Waals surface area contributed by atoms with E-state index in [0.717, 1.165) is 47.1 Å². The summed E-state index contributed by atoms with van der Waals surface area (Å²) < 4.78 is 43.7. The number of benzene rings is 2. The molecular formula is C34H36O14. The number of hydrogen-bond donors (Lipinski definition) is 0. The van der Waals surface area contributed by atoms with Crippen molar-refractivity contribution in [2.24, 2.45) is 0 Å². The number of hydrogen-bond acceptors (Lipinski definition) is 14. The third-order valence-corrected chi connectivity index (χ3v) is 7.21. The lowest BCUT2D eigenvalue weighted by molar-refractivity contribution is -0.282. The molecule has 1 unspecified atom stereocenters. The van der Waals surface area contributed by atoms with Gasteiger partial charge in [-0.3, -0.25) is 24.0 Å². The minimum atomic E-state index is -1.64. The monoisotopic (exact) mass is 668 g/mol. The van der Waals surface area contributed by atoms with Gasteiger partial charge in [0.1, 0.15) is 23.3 Å². The van der Waals surface area contributed by atoms with Gasteiger partial charge in [-0.1, -0.05) is 31.9 Å². The fourth-order valence-corrected chi connectivity index (χ4v) is 5.09. The van der Waals surface area contributed by atoms with Gasteiger partial charge in [0.2, 0.25) is 12.4 Å². The maximum absolute atomic E-state index is 13.4. The zero-order valence-corrected chi connectivity index (χ0v) is 27.0. The lowest BCUT2D eigenvalue weighted by Gasteiger charge is -2.43. The maximum atomic E-state index is 13.4. The van der Waals surface area contributed by atoms with Crippen molar-refractivity contribution in [3.05, 3.63) is 59.0 Å². The van der Waals surface area contributed by atoms with E-state index in [0.29, 0.717) is 17.7 Å². The van der Waals surface area contributed by atoms with E-state index in [2.05, 4.69) is 0 Å². The molecule has 1 aromatic heterocycles. The van der Waals surface area contributed by atoms with Crippen LogP contribution in [0.25, 0.3) is 22.1 Å². The molecule has 14 heteroatoms. The highest BCUT2D eigenvalue weighted by atomic mass is 16.7. The summed E-state index contributed by atoms with van der Waals surface area (Å²) in [7, 11) is 1.07. The molecule has 2 heterocycles. The molecule has 1 fully saturated rings. The normalized spacial score (nSPS) is 20.3. The highest BCUT2D eigenvalue weighted by molar-refractivity contribution is 5.83. The Bertz CT molecular complexity index is 1710. The Hall–Kier alpha value is -5.24. The van der Waals surface area contributed by atoms with Gasteiger partial charge in [-0.05, 0) is 36.2 Å². The van der Waals surface area contributed by atoms with Gasteiger partial charge in [0.25, 0.3) is 0 Å². The van der Waals surface area contributed by atoms with E-state index in [1.807, 2.05) is 6.92 Å². The molecule has 0 bridgehead atoms. The number of unbranched alkanes of at least 4 members (excludes halogenated alkanes) is 2. The van der Waals surface area contributed by atoms with Gasteiger partial charge in [0.05, 0.1) is 18.1 Å². The van der Waals surface area contributed by atoms with Crippen LogP contribution in [-0.2, 0) is 47.7 Å². The average molecular weight is 669 g/mol. The predicted molar refractivity (Wildman–Crippen MR) is 166 cm³/mol. The second-order valence-electron chi connectivity index (χ2n) is 10.9. The number of carbonyl (C=O) groups excluding carboxylic acids is 5. The summed E-state index contributed by atoms with van der Waals surface area (Å²) in [4.78, 5) is 74.2. The van der Waals surface area contributed by atoms with Crippen LogP contribution < -0.4 is 14.9 Å². The molecule has 14 nitrogen and oxygen atoms in total. The van der Waals surface area contributed by atoms with E-state index in [-0.39, 0.29) is 33.7 Å². The number of fused-ring (bicyclic) bond motifs is 1.